The van der Waals surface area contributed by atoms with E-state index in [4.69, 9.17) is 14.5 Å². The van der Waals surface area contributed by atoms with Gasteiger partial charge in [0.25, 0.3) is 5.91 Å². The molecular formula is C24H31N3O3. The maximum atomic E-state index is 12.4. The molecule has 1 aromatic heterocycles. The Morgan fingerprint density at radius 3 is 2.60 bits per heavy atom. The second-order valence-electron chi connectivity index (χ2n) is 7.30. The second-order valence-corrected chi connectivity index (χ2v) is 7.30. The Balaban J connectivity index is 1.45. The van der Waals surface area contributed by atoms with E-state index in [1.165, 1.54) is 5.52 Å². The van der Waals surface area contributed by atoms with Crippen LogP contribution < -0.4 is 14.8 Å². The highest BCUT2D eigenvalue weighted by atomic mass is 16.5. The SMILES string of the molecule is CCCn1c(CCCCCNC(=O)c2ccc(OC)c(OC)c2)nc2ccccc21. The summed E-state index contributed by atoms with van der Waals surface area (Å²) >= 11 is 0. The first-order chi connectivity index (χ1) is 14.7. The van der Waals surface area contributed by atoms with Crippen LogP contribution in [0.3, 0.4) is 0 Å². The van der Waals surface area contributed by atoms with Crippen molar-refractivity contribution >= 4 is 16.9 Å². The number of amides is 1. The fourth-order valence-electron chi connectivity index (χ4n) is 3.66. The fourth-order valence-corrected chi connectivity index (χ4v) is 3.66. The van der Waals surface area contributed by atoms with Crippen LogP contribution in [0.2, 0.25) is 0 Å². The zero-order valence-electron chi connectivity index (χ0n) is 18.1. The Kier molecular flexibility index (Phi) is 7.71. The molecule has 0 saturated heterocycles. The molecule has 0 saturated carbocycles. The van der Waals surface area contributed by atoms with Gasteiger partial charge < -0.3 is 19.4 Å². The van der Waals surface area contributed by atoms with E-state index in [0.717, 1.165) is 50.0 Å². The van der Waals surface area contributed by atoms with Crippen LogP contribution in [0, 0.1) is 0 Å². The molecule has 3 rings (SSSR count). The number of methoxy groups -OCH3 is 2. The van der Waals surface area contributed by atoms with Crippen molar-refractivity contribution in [2.45, 2.75) is 45.6 Å². The quantitative estimate of drug-likeness (QED) is 0.470. The highest BCUT2D eigenvalue weighted by molar-refractivity contribution is 5.94. The Bertz CT molecular complexity index is 981. The van der Waals surface area contributed by atoms with E-state index >= 15 is 0 Å². The van der Waals surface area contributed by atoms with Gasteiger partial charge in [0.15, 0.2) is 11.5 Å². The molecule has 1 N–H and O–H groups in total. The van der Waals surface area contributed by atoms with Crippen LogP contribution in [0.4, 0.5) is 0 Å². The fraction of sp³-hybridized carbons (Fsp3) is 0.417. The van der Waals surface area contributed by atoms with Crippen molar-refractivity contribution in [2.24, 2.45) is 0 Å². The minimum Gasteiger partial charge on any atom is -0.493 e. The van der Waals surface area contributed by atoms with Gasteiger partial charge in [-0.05, 0) is 49.6 Å². The molecule has 0 bridgehead atoms. The number of hydrogen-bond donors (Lipinski definition) is 1. The zero-order valence-corrected chi connectivity index (χ0v) is 18.1. The molecule has 0 aliphatic rings. The summed E-state index contributed by atoms with van der Waals surface area (Å²) in [7, 11) is 3.14. The van der Waals surface area contributed by atoms with Crippen LogP contribution in [0.15, 0.2) is 42.5 Å². The number of carbonyl (C=O) groups excluding carboxylic acids is 1. The molecule has 6 nitrogen and oxygen atoms in total. The van der Waals surface area contributed by atoms with Crippen molar-refractivity contribution < 1.29 is 14.3 Å². The number of aromatic nitrogens is 2. The number of unbranched alkanes of at least 4 members (excludes halogenated alkanes) is 2. The number of aryl methyl sites for hydroxylation is 2. The normalized spacial score (nSPS) is 10.9. The highest BCUT2D eigenvalue weighted by Crippen LogP contribution is 2.27. The van der Waals surface area contributed by atoms with Crippen molar-refractivity contribution in [1.29, 1.82) is 0 Å². The first-order valence-corrected chi connectivity index (χ1v) is 10.6. The Morgan fingerprint density at radius 1 is 1.03 bits per heavy atom. The third-order valence-electron chi connectivity index (χ3n) is 5.19. The van der Waals surface area contributed by atoms with Gasteiger partial charge in [-0.1, -0.05) is 25.5 Å². The van der Waals surface area contributed by atoms with Gasteiger partial charge in [-0.2, -0.15) is 0 Å². The van der Waals surface area contributed by atoms with Crippen LogP contribution in [0.5, 0.6) is 11.5 Å². The minimum absolute atomic E-state index is 0.0966. The predicted octanol–water partition coefficient (Wildman–Crippen LogP) is 4.61. The first-order valence-electron chi connectivity index (χ1n) is 10.6. The smallest absolute Gasteiger partial charge is 0.251 e. The lowest BCUT2D eigenvalue weighted by molar-refractivity contribution is 0.0952. The number of rotatable bonds is 11. The van der Waals surface area contributed by atoms with Crippen molar-refractivity contribution in [2.75, 3.05) is 20.8 Å². The monoisotopic (exact) mass is 409 g/mol. The van der Waals surface area contributed by atoms with Crippen LogP contribution in [0.25, 0.3) is 11.0 Å². The van der Waals surface area contributed by atoms with Gasteiger partial charge in [-0.3, -0.25) is 4.79 Å². The summed E-state index contributed by atoms with van der Waals surface area (Å²) in [4.78, 5) is 17.2. The summed E-state index contributed by atoms with van der Waals surface area (Å²) in [6, 6.07) is 13.5. The van der Waals surface area contributed by atoms with E-state index < -0.39 is 0 Å². The molecule has 1 heterocycles. The van der Waals surface area contributed by atoms with Crippen molar-refractivity contribution in [1.82, 2.24) is 14.9 Å². The summed E-state index contributed by atoms with van der Waals surface area (Å²) < 4.78 is 12.8. The van der Waals surface area contributed by atoms with Gasteiger partial charge in [0, 0.05) is 25.1 Å². The average molecular weight is 410 g/mol. The third-order valence-corrected chi connectivity index (χ3v) is 5.19. The van der Waals surface area contributed by atoms with E-state index in [1.807, 2.05) is 6.07 Å². The van der Waals surface area contributed by atoms with Crippen LogP contribution in [-0.2, 0) is 13.0 Å². The molecule has 0 aliphatic heterocycles. The lowest BCUT2D eigenvalue weighted by atomic mass is 10.1. The highest BCUT2D eigenvalue weighted by Gasteiger charge is 2.11. The van der Waals surface area contributed by atoms with Crippen molar-refractivity contribution in [3.8, 4) is 11.5 Å². The molecule has 0 spiro atoms. The van der Waals surface area contributed by atoms with E-state index in [-0.39, 0.29) is 5.91 Å². The maximum Gasteiger partial charge on any atom is 0.251 e. The average Bonchev–Trinajstić information content (AvgIpc) is 3.13. The Hall–Kier alpha value is -3.02. The second kappa shape index (κ2) is 10.7. The van der Waals surface area contributed by atoms with Gasteiger partial charge in [-0.15, -0.1) is 0 Å². The molecule has 160 valence electrons. The summed E-state index contributed by atoms with van der Waals surface area (Å²) in [6.45, 7) is 3.84. The summed E-state index contributed by atoms with van der Waals surface area (Å²) in [5, 5.41) is 2.98. The lowest BCUT2D eigenvalue weighted by Gasteiger charge is -2.10. The largest absolute Gasteiger partial charge is 0.493 e. The summed E-state index contributed by atoms with van der Waals surface area (Å²) in [6.07, 6.45) is 5.09. The maximum absolute atomic E-state index is 12.4. The third kappa shape index (κ3) is 5.12. The van der Waals surface area contributed by atoms with Gasteiger partial charge in [0.2, 0.25) is 0 Å². The number of nitrogens with zero attached hydrogens (tertiary/aromatic N) is 2. The molecule has 3 aromatic rings. The number of nitrogens with one attached hydrogen (secondary N) is 1. The lowest BCUT2D eigenvalue weighted by Crippen LogP contribution is -2.24. The van der Waals surface area contributed by atoms with E-state index in [0.29, 0.717) is 23.6 Å². The topological polar surface area (TPSA) is 65.4 Å². The Morgan fingerprint density at radius 2 is 1.83 bits per heavy atom. The minimum atomic E-state index is -0.0966. The number of ether oxygens (including phenoxy) is 2. The predicted molar refractivity (Wildman–Crippen MR) is 119 cm³/mol. The summed E-state index contributed by atoms with van der Waals surface area (Å²) in [5.74, 6) is 2.23. The van der Waals surface area contributed by atoms with Crippen molar-refractivity contribution in [3.63, 3.8) is 0 Å². The number of carbonyl (C=O) groups is 1. The Labute approximate surface area is 178 Å². The van der Waals surface area contributed by atoms with E-state index in [2.05, 4.69) is 35.0 Å². The standard InChI is InChI=1S/C24H31N3O3/c1-4-16-27-20-11-8-7-10-19(20)26-23(27)12-6-5-9-15-25-24(28)18-13-14-21(29-2)22(17-18)30-3/h7-8,10-11,13-14,17H,4-6,9,12,15-16H2,1-3H3,(H,25,28). The van der Waals surface area contributed by atoms with E-state index in [9.17, 15) is 4.79 Å². The molecule has 1 amide bonds. The summed E-state index contributed by atoms with van der Waals surface area (Å²) in [5.41, 5.74) is 2.86. The molecule has 0 fully saturated rings. The number of fused-ring (bicyclic) bond motifs is 1. The first kappa shape index (κ1) is 21.7. The molecule has 0 atom stereocenters. The van der Waals surface area contributed by atoms with Gasteiger partial charge in [0.1, 0.15) is 5.82 Å². The molecule has 0 aliphatic carbocycles. The molecule has 0 unspecified atom stereocenters. The number of hydrogen-bond acceptors (Lipinski definition) is 4. The van der Waals surface area contributed by atoms with Crippen molar-refractivity contribution in [3.05, 3.63) is 53.9 Å². The van der Waals surface area contributed by atoms with Gasteiger partial charge in [-0.25, -0.2) is 4.98 Å². The molecule has 6 heteroatoms. The molecule has 2 aromatic carbocycles. The van der Waals surface area contributed by atoms with E-state index in [1.54, 1.807) is 32.4 Å². The van der Waals surface area contributed by atoms with Crippen LogP contribution in [-0.4, -0.2) is 36.2 Å². The molecule has 30 heavy (non-hydrogen) atoms. The number of para-hydroxylation sites is 2. The number of imidazole rings is 1. The van der Waals surface area contributed by atoms with Crippen LogP contribution in [0.1, 0.15) is 48.8 Å². The van der Waals surface area contributed by atoms with Crippen LogP contribution >= 0.6 is 0 Å². The van der Waals surface area contributed by atoms with Gasteiger partial charge >= 0.3 is 0 Å². The van der Waals surface area contributed by atoms with Gasteiger partial charge in [0.05, 0.1) is 25.3 Å². The molecular weight excluding hydrogens is 378 g/mol. The number of benzene rings is 2. The zero-order chi connectivity index (χ0) is 21.3. The molecule has 0 radical (unpaired) electrons.